The molecule has 0 bridgehead atoms. The van der Waals surface area contributed by atoms with E-state index in [-0.39, 0.29) is 29.6 Å². The molecule has 3 N–H and O–H groups in total. The smallest absolute Gasteiger partial charge is 0.319 e. The van der Waals surface area contributed by atoms with Crippen molar-refractivity contribution in [2.45, 2.75) is 65.0 Å². The number of anilines is 1. The molecule has 0 aliphatic carbocycles. The van der Waals surface area contributed by atoms with Crippen molar-refractivity contribution in [3.8, 4) is 0 Å². The quantitative estimate of drug-likeness (QED) is 0.311. The molecule has 210 valence electrons. The fourth-order valence-corrected chi connectivity index (χ4v) is 5.24. The summed E-state index contributed by atoms with van der Waals surface area (Å²) in [4.78, 5) is 40.4. The minimum atomic E-state index is -0.880. The Morgan fingerprint density at radius 2 is 1.62 bits per heavy atom. The van der Waals surface area contributed by atoms with Crippen LogP contribution in [0.4, 0.5) is 10.5 Å². The van der Waals surface area contributed by atoms with Gasteiger partial charge in [0, 0.05) is 17.1 Å². The zero-order chi connectivity index (χ0) is 28.9. The molecule has 1 saturated heterocycles. The van der Waals surface area contributed by atoms with Gasteiger partial charge in [0.1, 0.15) is 6.04 Å². The third-order valence-electron chi connectivity index (χ3n) is 6.93. The van der Waals surface area contributed by atoms with Crippen molar-refractivity contribution in [3.05, 3.63) is 101 Å². The molecule has 1 aliphatic heterocycles. The van der Waals surface area contributed by atoms with E-state index < -0.39 is 18.1 Å². The third kappa shape index (κ3) is 7.85. The molecule has 3 aromatic carbocycles. The molecule has 0 saturated carbocycles. The highest BCUT2D eigenvalue weighted by atomic mass is 35.5. The summed E-state index contributed by atoms with van der Waals surface area (Å²) < 4.78 is 0. The summed E-state index contributed by atoms with van der Waals surface area (Å²) >= 11 is 6.08. The monoisotopic (exact) mass is 560 g/mol. The largest absolute Gasteiger partial charge is 0.326 e. The van der Waals surface area contributed by atoms with Crippen molar-refractivity contribution >= 4 is 35.1 Å². The molecule has 4 amide bonds. The van der Waals surface area contributed by atoms with Gasteiger partial charge in [-0.25, -0.2) is 9.80 Å². The van der Waals surface area contributed by atoms with E-state index in [0.29, 0.717) is 23.6 Å². The predicted molar refractivity (Wildman–Crippen MR) is 159 cm³/mol. The second kappa shape index (κ2) is 12.6. The molecule has 7 nitrogen and oxygen atoms in total. The van der Waals surface area contributed by atoms with Gasteiger partial charge >= 0.3 is 6.03 Å². The molecule has 1 fully saturated rings. The molecule has 0 spiro atoms. The number of carbonyl (C=O) groups excluding carboxylic acids is 3. The number of aryl methyl sites for hydroxylation is 1. The first kappa shape index (κ1) is 29.2. The molecule has 0 aromatic heterocycles. The maximum atomic E-state index is 14.2. The summed E-state index contributed by atoms with van der Waals surface area (Å²) in [6.07, 6.45) is 1.19. The number of nitrogens with zero attached hydrogens (tertiary/aromatic N) is 1. The summed E-state index contributed by atoms with van der Waals surface area (Å²) in [6, 6.07) is 23.0. The van der Waals surface area contributed by atoms with E-state index in [4.69, 9.17) is 11.6 Å². The molecule has 1 aliphatic rings. The molecule has 3 atom stereocenters. The Morgan fingerprint density at radius 3 is 2.27 bits per heavy atom. The van der Waals surface area contributed by atoms with Gasteiger partial charge < -0.3 is 10.6 Å². The molecule has 40 heavy (non-hydrogen) atoms. The van der Waals surface area contributed by atoms with Crippen LogP contribution < -0.4 is 16.1 Å². The highest BCUT2D eigenvalue weighted by Gasteiger charge is 2.40. The Kier molecular flexibility index (Phi) is 9.15. The van der Waals surface area contributed by atoms with Crippen molar-refractivity contribution in [1.82, 2.24) is 15.8 Å². The van der Waals surface area contributed by atoms with E-state index in [9.17, 15) is 14.4 Å². The van der Waals surface area contributed by atoms with Gasteiger partial charge in [0.05, 0.1) is 6.04 Å². The zero-order valence-corrected chi connectivity index (χ0v) is 24.2. The Balaban J connectivity index is 1.69. The average Bonchev–Trinajstić information content (AvgIpc) is 3.01. The molecular formula is C32H37ClN4O3. The number of hydrogen-bond donors (Lipinski definition) is 3. The Hall–Kier alpha value is -3.84. The van der Waals surface area contributed by atoms with Gasteiger partial charge in [-0.3, -0.25) is 15.0 Å². The lowest BCUT2D eigenvalue weighted by molar-refractivity contribution is -0.146. The third-order valence-corrected chi connectivity index (χ3v) is 7.17. The van der Waals surface area contributed by atoms with Crippen LogP contribution in [-0.2, 0) is 9.59 Å². The average molecular weight is 561 g/mol. The summed E-state index contributed by atoms with van der Waals surface area (Å²) in [7, 11) is 0. The molecule has 0 radical (unpaired) electrons. The predicted octanol–water partition coefficient (Wildman–Crippen LogP) is 6.75. The van der Waals surface area contributed by atoms with Crippen molar-refractivity contribution in [2.24, 2.45) is 5.41 Å². The molecule has 8 heteroatoms. The van der Waals surface area contributed by atoms with Gasteiger partial charge in [-0.2, -0.15) is 0 Å². The van der Waals surface area contributed by atoms with Crippen molar-refractivity contribution in [1.29, 1.82) is 0 Å². The number of nitrogens with one attached hydrogen (secondary N) is 3. The molecular weight excluding hydrogens is 524 g/mol. The second-order valence-corrected chi connectivity index (χ2v) is 12.1. The Labute approximate surface area is 241 Å². The van der Waals surface area contributed by atoms with Crippen LogP contribution in [0, 0.1) is 12.3 Å². The first-order chi connectivity index (χ1) is 19.0. The minimum absolute atomic E-state index is 0.0579. The maximum Gasteiger partial charge on any atom is 0.319 e. The summed E-state index contributed by atoms with van der Waals surface area (Å²) in [5.74, 6) is -0.678. The number of amides is 4. The van der Waals surface area contributed by atoms with E-state index in [1.807, 2.05) is 82.3 Å². The van der Waals surface area contributed by atoms with E-state index in [0.717, 1.165) is 16.7 Å². The maximum absolute atomic E-state index is 14.2. The summed E-state index contributed by atoms with van der Waals surface area (Å²) in [5, 5.41) is 7.57. The summed E-state index contributed by atoms with van der Waals surface area (Å²) in [5.41, 5.74) is 6.25. The number of benzene rings is 3. The fourth-order valence-electron chi connectivity index (χ4n) is 5.05. The highest BCUT2D eigenvalue weighted by molar-refractivity contribution is 6.30. The first-order valence-electron chi connectivity index (χ1n) is 13.6. The van der Waals surface area contributed by atoms with Crippen LogP contribution in [0.1, 0.15) is 68.7 Å². The van der Waals surface area contributed by atoms with Crippen LogP contribution in [0.2, 0.25) is 5.02 Å². The van der Waals surface area contributed by atoms with Crippen LogP contribution in [0.5, 0.6) is 0 Å². The molecule has 1 unspecified atom stereocenters. The Morgan fingerprint density at radius 1 is 0.925 bits per heavy atom. The number of hydrazine groups is 1. The van der Waals surface area contributed by atoms with Gasteiger partial charge in [0.15, 0.2) is 0 Å². The second-order valence-electron chi connectivity index (χ2n) is 11.6. The number of hydrogen-bond acceptors (Lipinski definition) is 3. The standard InChI is InChI=1S/C32H37ClN4O3/c1-21-13-15-23(16-14-21)28-18-24(22-9-6-5-7-10-22)17-27(30(39)37(28)36-29(38)20-32(2,3)4)35-31(40)34-26-12-8-11-25(33)19-26/h5-16,19,24,27-28H,17-18,20H2,1-4H3,(H,36,38)(H2,34,35,40)/t24-,27+,28?/m0/s1. The molecule has 3 aromatic rings. The summed E-state index contributed by atoms with van der Waals surface area (Å²) in [6.45, 7) is 7.94. The number of urea groups is 1. The van der Waals surface area contributed by atoms with E-state index in [1.165, 1.54) is 5.01 Å². The zero-order valence-electron chi connectivity index (χ0n) is 23.4. The lowest BCUT2D eigenvalue weighted by atomic mass is 9.86. The Bertz CT molecular complexity index is 1340. The van der Waals surface area contributed by atoms with Crippen LogP contribution in [0.25, 0.3) is 0 Å². The normalized spacial score (nSPS) is 19.5. The van der Waals surface area contributed by atoms with Crippen molar-refractivity contribution in [3.63, 3.8) is 0 Å². The van der Waals surface area contributed by atoms with Gasteiger partial charge in [0.2, 0.25) is 5.91 Å². The lowest BCUT2D eigenvalue weighted by Crippen LogP contribution is -2.55. The molecule has 4 rings (SSSR count). The topological polar surface area (TPSA) is 90.5 Å². The van der Waals surface area contributed by atoms with Crippen LogP contribution in [0.3, 0.4) is 0 Å². The van der Waals surface area contributed by atoms with E-state index >= 15 is 0 Å². The van der Waals surface area contributed by atoms with Gasteiger partial charge in [-0.05, 0) is 60.4 Å². The SMILES string of the molecule is Cc1ccc(C2C[C@@H](c3ccccc3)C[C@@H](NC(=O)Nc3cccc(Cl)c3)C(=O)N2NC(=O)CC(C)(C)C)cc1. The van der Waals surface area contributed by atoms with E-state index in [2.05, 4.69) is 16.1 Å². The minimum Gasteiger partial charge on any atom is -0.326 e. The lowest BCUT2D eigenvalue weighted by Gasteiger charge is -2.33. The number of carbonyl (C=O) groups is 3. The number of rotatable bonds is 6. The van der Waals surface area contributed by atoms with Crippen LogP contribution >= 0.6 is 11.6 Å². The van der Waals surface area contributed by atoms with Gasteiger partial charge in [-0.15, -0.1) is 0 Å². The van der Waals surface area contributed by atoms with Crippen molar-refractivity contribution < 1.29 is 14.4 Å². The van der Waals surface area contributed by atoms with Gasteiger partial charge in [-0.1, -0.05) is 98.6 Å². The first-order valence-corrected chi connectivity index (χ1v) is 13.9. The van der Waals surface area contributed by atoms with E-state index in [1.54, 1.807) is 24.3 Å². The van der Waals surface area contributed by atoms with Crippen molar-refractivity contribution in [2.75, 3.05) is 5.32 Å². The van der Waals surface area contributed by atoms with Crippen LogP contribution in [0.15, 0.2) is 78.9 Å². The van der Waals surface area contributed by atoms with Gasteiger partial charge in [0.25, 0.3) is 5.91 Å². The van der Waals surface area contributed by atoms with Crippen LogP contribution in [-0.4, -0.2) is 28.9 Å². The molecule has 1 heterocycles. The highest BCUT2D eigenvalue weighted by Crippen LogP contribution is 2.38. The number of halogens is 1. The fraction of sp³-hybridized carbons (Fsp3) is 0.344.